The van der Waals surface area contributed by atoms with Crippen LogP contribution < -0.4 is 20.1 Å². The number of nitrogens with one attached hydrogen (secondary N) is 2. The van der Waals surface area contributed by atoms with Crippen LogP contribution in [-0.4, -0.2) is 57.8 Å². The zero-order valence-corrected chi connectivity index (χ0v) is 17.9. The minimum Gasteiger partial charge on any atom is -0.493 e. The van der Waals surface area contributed by atoms with Crippen molar-refractivity contribution in [2.75, 3.05) is 46.2 Å². The van der Waals surface area contributed by atoms with E-state index in [0.717, 1.165) is 31.3 Å². The van der Waals surface area contributed by atoms with E-state index in [-0.39, 0.29) is 24.0 Å². The van der Waals surface area contributed by atoms with E-state index in [0.29, 0.717) is 17.5 Å². The second-order valence-electron chi connectivity index (χ2n) is 5.42. The van der Waals surface area contributed by atoms with E-state index in [2.05, 4.69) is 41.3 Å². The summed E-state index contributed by atoms with van der Waals surface area (Å²) < 4.78 is 10.6. The molecule has 2 N–H and O–H groups in total. The summed E-state index contributed by atoms with van der Waals surface area (Å²) >= 11 is 0. The molecular weight excluding hydrogens is 419 g/mol. The van der Waals surface area contributed by atoms with E-state index in [1.807, 2.05) is 18.2 Å². The number of ether oxygens (including phenoxy) is 2. The average molecular weight is 450 g/mol. The van der Waals surface area contributed by atoms with Gasteiger partial charge in [-0.05, 0) is 32.5 Å². The van der Waals surface area contributed by atoms with Crippen molar-refractivity contribution in [3.05, 3.63) is 18.2 Å². The number of anilines is 1. The lowest BCUT2D eigenvalue weighted by Gasteiger charge is -2.25. The molecule has 0 aromatic heterocycles. The summed E-state index contributed by atoms with van der Waals surface area (Å²) in [7, 11) is 5.01. The van der Waals surface area contributed by atoms with Gasteiger partial charge in [0.15, 0.2) is 17.5 Å². The topological polar surface area (TPSA) is 58.1 Å². The first kappa shape index (κ1) is 22.8. The number of aliphatic imine (C=N–C) groups is 1. The Morgan fingerprint density at radius 2 is 1.88 bits per heavy atom. The Balaban J connectivity index is 0.00000529. The predicted octanol–water partition coefficient (Wildman–Crippen LogP) is 3.04. The molecule has 7 heteroatoms. The Bertz CT molecular complexity index is 509. The fourth-order valence-electron chi connectivity index (χ4n) is 2.33. The van der Waals surface area contributed by atoms with Crippen molar-refractivity contribution in [1.82, 2.24) is 10.2 Å². The summed E-state index contributed by atoms with van der Waals surface area (Å²) in [5.41, 5.74) is 0.895. The first-order valence-corrected chi connectivity index (χ1v) is 7.99. The quantitative estimate of drug-likeness (QED) is 0.362. The molecule has 138 valence electrons. The number of benzene rings is 1. The normalized spacial score (nSPS) is 11.2. The number of methoxy groups -OCH3 is 2. The van der Waals surface area contributed by atoms with Gasteiger partial charge in [-0.25, -0.2) is 0 Å². The maximum atomic E-state index is 5.31. The van der Waals surface area contributed by atoms with E-state index in [1.165, 1.54) is 0 Å². The van der Waals surface area contributed by atoms with Crippen LogP contribution in [0.3, 0.4) is 0 Å². The smallest absolute Gasteiger partial charge is 0.195 e. The minimum atomic E-state index is 0. The van der Waals surface area contributed by atoms with Crippen molar-refractivity contribution in [1.29, 1.82) is 0 Å². The van der Waals surface area contributed by atoms with Gasteiger partial charge in [-0.2, -0.15) is 0 Å². The molecule has 0 spiro atoms. The fourth-order valence-corrected chi connectivity index (χ4v) is 2.33. The van der Waals surface area contributed by atoms with Gasteiger partial charge in [0, 0.05) is 37.9 Å². The lowest BCUT2D eigenvalue weighted by Crippen LogP contribution is -2.40. The number of hydrogen-bond donors (Lipinski definition) is 2. The van der Waals surface area contributed by atoms with Gasteiger partial charge in [0.1, 0.15) is 0 Å². The third kappa shape index (κ3) is 7.12. The van der Waals surface area contributed by atoms with Crippen molar-refractivity contribution in [3.63, 3.8) is 0 Å². The Labute approximate surface area is 163 Å². The zero-order valence-electron chi connectivity index (χ0n) is 15.5. The van der Waals surface area contributed by atoms with Gasteiger partial charge in [-0.1, -0.05) is 6.92 Å². The largest absolute Gasteiger partial charge is 0.493 e. The molecule has 0 heterocycles. The summed E-state index contributed by atoms with van der Waals surface area (Å²) in [5, 5.41) is 6.59. The van der Waals surface area contributed by atoms with Crippen LogP contribution in [0, 0.1) is 0 Å². The van der Waals surface area contributed by atoms with Crippen LogP contribution in [0.1, 0.15) is 20.8 Å². The van der Waals surface area contributed by atoms with Gasteiger partial charge >= 0.3 is 0 Å². The van der Waals surface area contributed by atoms with Crippen LogP contribution in [0.5, 0.6) is 11.5 Å². The first-order chi connectivity index (χ1) is 11.0. The third-order valence-electron chi connectivity index (χ3n) is 3.70. The Morgan fingerprint density at radius 1 is 1.21 bits per heavy atom. The number of likely N-dealkylation sites (N-methyl/N-ethyl adjacent to an activating group) is 1. The van der Waals surface area contributed by atoms with Gasteiger partial charge in [-0.15, -0.1) is 24.0 Å². The van der Waals surface area contributed by atoms with Gasteiger partial charge < -0.3 is 20.1 Å². The summed E-state index contributed by atoms with van der Waals surface area (Å²) in [5.74, 6) is 2.12. The van der Waals surface area contributed by atoms with E-state index in [9.17, 15) is 0 Å². The standard InChI is InChI=1S/C17H30N4O2.HI/c1-7-21(13(2)3)11-10-19-17(18-4)20-14-8-9-15(22-5)16(12-14)23-6;/h8-9,12-13H,7,10-11H2,1-6H3,(H2,18,19,20);1H. The van der Waals surface area contributed by atoms with Crippen LogP contribution in [-0.2, 0) is 0 Å². The number of guanidine groups is 1. The summed E-state index contributed by atoms with van der Waals surface area (Å²) in [4.78, 5) is 6.65. The molecule has 0 aliphatic carbocycles. The highest BCUT2D eigenvalue weighted by Crippen LogP contribution is 2.29. The maximum Gasteiger partial charge on any atom is 0.195 e. The van der Waals surface area contributed by atoms with Crippen molar-refractivity contribution in [2.45, 2.75) is 26.8 Å². The summed E-state index contributed by atoms with van der Waals surface area (Å²) in [6.07, 6.45) is 0. The van der Waals surface area contributed by atoms with Gasteiger partial charge in [-0.3, -0.25) is 9.89 Å². The van der Waals surface area contributed by atoms with Crippen LogP contribution in [0.15, 0.2) is 23.2 Å². The van der Waals surface area contributed by atoms with E-state index < -0.39 is 0 Å². The number of hydrogen-bond acceptors (Lipinski definition) is 4. The molecule has 0 saturated heterocycles. The SMILES string of the molecule is CCN(CCNC(=NC)Nc1ccc(OC)c(OC)c1)C(C)C.I. The zero-order chi connectivity index (χ0) is 17.2. The summed E-state index contributed by atoms with van der Waals surface area (Å²) in [6, 6.07) is 6.23. The van der Waals surface area contributed by atoms with Crippen molar-refractivity contribution >= 4 is 35.6 Å². The monoisotopic (exact) mass is 450 g/mol. The molecule has 0 saturated carbocycles. The van der Waals surface area contributed by atoms with Gasteiger partial charge in [0.2, 0.25) is 0 Å². The molecule has 0 unspecified atom stereocenters. The highest BCUT2D eigenvalue weighted by molar-refractivity contribution is 14.0. The summed E-state index contributed by atoms with van der Waals surface area (Å²) in [6.45, 7) is 9.44. The molecule has 0 radical (unpaired) electrons. The van der Waals surface area contributed by atoms with Gasteiger partial charge in [0.25, 0.3) is 0 Å². The molecule has 6 nitrogen and oxygen atoms in total. The number of rotatable bonds is 8. The Morgan fingerprint density at radius 3 is 2.38 bits per heavy atom. The second kappa shape index (κ2) is 12.2. The van der Waals surface area contributed by atoms with Crippen LogP contribution in [0.2, 0.25) is 0 Å². The third-order valence-corrected chi connectivity index (χ3v) is 3.70. The number of halogens is 1. The molecular formula is C17H31IN4O2. The molecule has 0 bridgehead atoms. The molecule has 0 amide bonds. The van der Waals surface area contributed by atoms with Crippen molar-refractivity contribution < 1.29 is 9.47 Å². The highest BCUT2D eigenvalue weighted by atomic mass is 127. The molecule has 0 aliphatic rings. The van der Waals surface area contributed by atoms with Gasteiger partial charge in [0.05, 0.1) is 14.2 Å². The minimum absolute atomic E-state index is 0. The lowest BCUT2D eigenvalue weighted by atomic mass is 10.2. The molecule has 0 atom stereocenters. The molecule has 0 aliphatic heterocycles. The Kier molecular flexibility index (Phi) is 11.6. The molecule has 1 rings (SSSR count). The Hall–Kier alpha value is -1.22. The second-order valence-corrected chi connectivity index (χ2v) is 5.42. The lowest BCUT2D eigenvalue weighted by molar-refractivity contribution is 0.237. The predicted molar refractivity (Wildman–Crippen MR) is 112 cm³/mol. The first-order valence-electron chi connectivity index (χ1n) is 7.99. The molecule has 1 aromatic carbocycles. The molecule has 0 fully saturated rings. The van der Waals surface area contributed by atoms with E-state index in [4.69, 9.17) is 9.47 Å². The number of nitrogens with zero attached hydrogens (tertiary/aromatic N) is 2. The fraction of sp³-hybridized carbons (Fsp3) is 0.588. The van der Waals surface area contributed by atoms with Crippen LogP contribution >= 0.6 is 24.0 Å². The molecule has 24 heavy (non-hydrogen) atoms. The molecule has 1 aromatic rings. The van der Waals surface area contributed by atoms with E-state index >= 15 is 0 Å². The van der Waals surface area contributed by atoms with Crippen molar-refractivity contribution in [3.8, 4) is 11.5 Å². The highest BCUT2D eigenvalue weighted by Gasteiger charge is 2.08. The van der Waals surface area contributed by atoms with E-state index in [1.54, 1.807) is 21.3 Å². The maximum absolute atomic E-state index is 5.31. The van der Waals surface area contributed by atoms with Crippen LogP contribution in [0.4, 0.5) is 5.69 Å². The van der Waals surface area contributed by atoms with Crippen LogP contribution in [0.25, 0.3) is 0 Å². The van der Waals surface area contributed by atoms with Crippen molar-refractivity contribution in [2.24, 2.45) is 4.99 Å². The average Bonchev–Trinajstić information content (AvgIpc) is 2.56.